The Balaban J connectivity index is 2.02. The van der Waals surface area contributed by atoms with Gasteiger partial charge in [-0.15, -0.1) is 0 Å². The van der Waals surface area contributed by atoms with E-state index in [0.717, 1.165) is 27.9 Å². The van der Waals surface area contributed by atoms with Crippen molar-refractivity contribution < 1.29 is 8.42 Å². The third-order valence-electron chi connectivity index (χ3n) is 4.04. The lowest BCUT2D eigenvalue weighted by atomic mass is 9.99. The minimum atomic E-state index is -3.66. The van der Waals surface area contributed by atoms with Gasteiger partial charge in [-0.3, -0.25) is 4.72 Å². The summed E-state index contributed by atoms with van der Waals surface area (Å²) in [7, 11) is -3.66. The first kappa shape index (κ1) is 17.2. The van der Waals surface area contributed by atoms with Crippen LogP contribution in [0.2, 0.25) is 0 Å². The third kappa shape index (κ3) is 3.72. The summed E-state index contributed by atoms with van der Waals surface area (Å²) in [5, 5.41) is 0. The maximum absolute atomic E-state index is 12.5. The van der Waals surface area contributed by atoms with Crippen molar-refractivity contribution >= 4 is 15.8 Å². The van der Waals surface area contributed by atoms with Gasteiger partial charge in [0.1, 0.15) is 5.82 Å². The van der Waals surface area contributed by atoms with Gasteiger partial charge in [0.05, 0.1) is 10.6 Å². The highest BCUT2D eigenvalue weighted by Gasteiger charge is 2.16. The lowest BCUT2D eigenvalue weighted by Gasteiger charge is -2.13. The van der Waals surface area contributed by atoms with E-state index in [2.05, 4.69) is 21.8 Å². The molecule has 0 fully saturated rings. The summed E-state index contributed by atoms with van der Waals surface area (Å²) >= 11 is 0. The summed E-state index contributed by atoms with van der Waals surface area (Å²) < 4.78 is 27.6. The molecule has 0 radical (unpaired) electrons. The van der Waals surface area contributed by atoms with E-state index in [1.807, 2.05) is 32.9 Å². The van der Waals surface area contributed by atoms with E-state index in [1.165, 1.54) is 0 Å². The van der Waals surface area contributed by atoms with Crippen LogP contribution >= 0.6 is 0 Å². The van der Waals surface area contributed by atoms with E-state index >= 15 is 0 Å². The number of hydrogen-bond acceptors (Lipinski definition) is 3. The molecule has 25 heavy (non-hydrogen) atoms. The summed E-state index contributed by atoms with van der Waals surface area (Å²) in [6, 6.07) is 18.0. The van der Waals surface area contributed by atoms with Crippen LogP contribution in [0.1, 0.15) is 16.7 Å². The molecule has 3 rings (SSSR count). The number of hydrogen-bond donors (Lipinski definition) is 1. The molecule has 4 nitrogen and oxygen atoms in total. The van der Waals surface area contributed by atoms with E-state index in [1.54, 1.807) is 36.4 Å². The second kappa shape index (κ2) is 6.69. The number of benzene rings is 2. The number of pyridine rings is 1. The summed E-state index contributed by atoms with van der Waals surface area (Å²) in [6.45, 7) is 6.02. The number of nitrogens with zero attached hydrogens (tertiary/aromatic N) is 1. The Morgan fingerprint density at radius 3 is 2.24 bits per heavy atom. The molecular weight excluding hydrogens is 332 g/mol. The van der Waals surface area contributed by atoms with E-state index in [4.69, 9.17) is 0 Å². The number of aryl methyl sites for hydroxylation is 3. The van der Waals surface area contributed by atoms with Crippen molar-refractivity contribution in [2.45, 2.75) is 25.7 Å². The Labute approximate surface area is 148 Å². The Bertz CT molecular complexity index is 1010. The predicted octanol–water partition coefficient (Wildman–Crippen LogP) is 4.47. The number of anilines is 1. The van der Waals surface area contributed by atoms with Crippen molar-refractivity contribution in [3.8, 4) is 11.3 Å². The molecule has 0 spiro atoms. The van der Waals surface area contributed by atoms with Gasteiger partial charge in [-0.05, 0) is 56.2 Å². The second-order valence-corrected chi connectivity index (χ2v) is 7.78. The second-order valence-electron chi connectivity index (χ2n) is 6.10. The summed E-state index contributed by atoms with van der Waals surface area (Å²) in [5.41, 5.74) is 5.03. The minimum Gasteiger partial charge on any atom is -0.263 e. The number of rotatable bonds is 4. The highest BCUT2D eigenvalue weighted by molar-refractivity contribution is 7.92. The van der Waals surface area contributed by atoms with Gasteiger partial charge in [0.15, 0.2) is 0 Å². The van der Waals surface area contributed by atoms with E-state index in [0.29, 0.717) is 5.82 Å². The molecular formula is C20H20N2O2S. The van der Waals surface area contributed by atoms with Crippen LogP contribution in [0.5, 0.6) is 0 Å². The molecule has 0 amide bonds. The SMILES string of the molecule is Cc1ccc(C)c(-c2nc(NS(=O)(=O)c3ccccc3)ccc2C)c1. The van der Waals surface area contributed by atoms with Crippen LogP contribution in [0, 0.1) is 20.8 Å². The van der Waals surface area contributed by atoms with Crippen LogP contribution in [-0.4, -0.2) is 13.4 Å². The highest BCUT2D eigenvalue weighted by Crippen LogP contribution is 2.27. The maximum Gasteiger partial charge on any atom is 0.263 e. The highest BCUT2D eigenvalue weighted by atomic mass is 32.2. The van der Waals surface area contributed by atoms with Crippen LogP contribution in [0.15, 0.2) is 65.6 Å². The molecule has 1 N–H and O–H groups in total. The first-order chi connectivity index (χ1) is 11.9. The standard InChI is InChI=1S/C20H20N2O2S/c1-14-9-10-15(2)18(13-14)20-16(3)11-12-19(21-20)22-25(23,24)17-7-5-4-6-8-17/h4-13H,1-3H3,(H,21,22). The fourth-order valence-corrected chi connectivity index (χ4v) is 3.67. The molecule has 0 unspecified atom stereocenters. The first-order valence-electron chi connectivity index (χ1n) is 8.00. The maximum atomic E-state index is 12.5. The van der Waals surface area contributed by atoms with Crippen molar-refractivity contribution in [1.29, 1.82) is 0 Å². The topological polar surface area (TPSA) is 59.1 Å². The lowest BCUT2D eigenvalue weighted by Crippen LogP contribution is -2.14. The normalized spacial score (nSPS) is 11.3. The van der Waals surface area contributed by atoms with E-state index in [-0.39, 0.29) is 4.90 Å². The molecule has 0 bridgehead atoms. The molecule has 2 aromatic carbocycles. The van der Waals surface area contributed by atoms with Gasteiger partial charge in [0, 0.05) is 5.56 Å². The Morgan fingerprint density at radius 1 is 0.840 bits per heavy atom. The fourth-order valence-electron chi connectivity index (χ4n) is 2.65. The zero-order chi connectivity index (χ0) is 18.0. The molecule has 1 heterocycles. The number of sulfonamides is 1. The first-order valence-corrected chi connectivity index (χ1v) is 9.48. The van der Waals surface area contributed by atoms with Gasteiger partial charge >= 0.3 is 0 Å². The summed E-state index contributed by atoms with van der Waals surface area (Å²) in [5.74, 6) is 0.311. The van der Waals surface area contributed by atoms with Crippen LogP contribution in [0.3, 0.4) is 0 Å². The van der Waals surface area contributed by atoms with Crippen molar-refractivity contribution in [3.05, 3.63) is 77.4 Å². The van der Waals surface area contributed by atoms with Crippen LogP contribution in [0.25, 0.3) is 11.3 Å². The summed E-state index contributed by atoms with van der Waals surface area (Å²) in [6.07, 6.45) is 0. The minimum absolute atomic E-state index is 0.214. The molecule has 0 saturated heterocycles. The molecule has 0 atom stereocenters. The van der Waals surface area contributed by atoms with Crippen molar-refractivity contribution in [1.82, 2.24) is 4.98 Å². The molecule has 5 heteroatoms. The van der Waals surface area contributed by atoms with Gasteiger partial charge < -0.3 is 0 Å². The molecule has 3 aromatic rings. The number of aromatic nitrogens is 1. The van der Waals surface area contributed by atoms with E-state index < -0.39 is 10.0 Å². The summed E-state index contributed by atoms with van der Waals surface area (Å²) in [4.78, 5) is 4.78. The average Bonchev–Trinajstić information content (AvgIpc) is 2.59. The molecule has 0 aliphatic rings. The predicted molar refractivity (Wildman–Crippen MR) is 101 cm³/mol. The van der Waals surface area contributed by atoms with Crippen molar-refractivity contribution in [2.24, 2.45) is 0 Å². The molecule has 0 aliphatic carbocycles. The van der Waals surface area contributed by atoms with Crippen LogP contribution < -0.4 is 4.72 Å². The Morgan fingerprint density at radius 2 is 1.52 bits per heavy atom. The van der Waals surface area contributed by atoms with E-state index in [9.17, 15) is 8.42 Å². The van der Waals surface area contributed by atoms with Gasteiger partial charge in [0.2, 0.25) is 0 Å². The Kier molecular flexibility index (Phi) is 4.59. The van der Waals surface area contributed by atoms with Gasteiger partial charge in [-0.25, -0.2) is 13.4 Å². The lowest BCUT2D eigenvalue weighted by molar-refractivity contribution is 0.601. The van der Waals surface area contributed by atoms with Gasteiger partial charge in [-0.1, -0.05) is 42.0 Å². The molecule has 0 saturated carbocycles. The van der Waals surface area contributed by atoms with Gasteiger partial charge in [0.25, 0.3) is 10.0 Å². The van der Waals surface area contributed by atoms with Crippen LogP contribution in [-0.2, 0) is 10.0 Å². The zero-order valence-corrected chi connectivity index (χ0v) is 15.3. The third-order valence-corrected chi connectivity index (χ3v) is 5.41. The molecule has 0 aliphatic heterocycles. The molecule has 128 valence electrons. The van der Waals surface area contributed by atoms with Crippen molar-refractivity contribution in [3.63, 3.8) is 0 Å². The van der Waals surface area contributed by atoms with Crippen LogP contribution in [0.4, 0.5) is 5.82 Å². The average molecular weight is 352 g/mol. The quantitative estimate of drug-likeness (QED) is 0.753. The fraction of sp³-hybridized carbons (Fsp3) is 0.150. The Hall–Kier alpha value is -2.66. The largest absolute Gasteiger partial charge is 0.263 e. The monoisotopic (exact) mass is 352 g/mol. The number of nitrogens with one attached hydrogen (secondary N) is 1. The van der Waals surface area contributed by atoms with Crippen molar-refractivity contribution in [2.75, 3.05) is 4.72 Å². The molecule has 1 aromatic heterocycles. The smallest absolute Gasteiger partial charge is 0.263 e. The van der Waals surface area contributed by atoms with Gasteiger partial charge in [-0.2, -0.15) is 0 Å². The zero-order valence-electron chi connectivity index (χ0n) is 14.4.